The van der Waals surface area contributed by atoms with Crippen molar-refractivity contribution in [2.24, 2.45) is 0 Å². The van der Waals surface area contributed by atoms with Crippen LogP contribution in [0.5, 0.6) is 5.75 Å². The minimum Gasteiger partial charge on any atom is -0.497 e. The van der Waals surface area contributed by atoms with Crippen LogP contribution in [0, 0.1) is 5.82 Å². The van der Waals surface area contributed by atoms with Gasteiger partial charge < -0.3 is 15.4 Å². The summed E-state index contributed by atoms with van der Waals surface area (Å²) in [5.41, 5.74) is 1.28. The van der Waals surface area contributed by atoms with E-state index in [2.05, 4.69) is 10.6 Å². The normalized spacial score (nSPS) is 10.0. The van der Waals surface area contributed by atoms with Gasteiger partial charge in [-0.1, -0.05) is 23.7 Å². The Morgan fingerprint density at radius 1 is 1.24 bits per heavy atom. The van der Waals surface area contributed by atoms with Crippen molar-refractivity contribution >= 4 is 34.6 Å². The van der Waals surface area contributed by atoms with E-state index in [0.29, 0.717) is 16.7 Å². The van der Waals surface area contributed by atoms with Crippen molar-refractivity contribution in [1.82, 2.24) is 5.32 Å². The highest BCUT2D eigenvalue weighted by Gasteiger charge is 2.05. The average Bonchev–Trinajstić information content (AvgIpc) is 2.49. The number of thiocarbonyl (C=S) groups is 1. The fourth-order valence-corrected chi connectivity index (χ4v) is 2.04. The van der Waals surface area contributed by atoms with Gasteiger partial charge in [-0.3, -0.25) is 0 Å². The lowest BCUT2D eigenvalue weighted by Gasteiger charge is -2.11. The van der Waals surface area contributed by atoms with Crippen LogP contribution >= 0.6 is 23.8 Å². The molecular weight excluding hydrogens is 311 g/mol. The third-order valence-electron chi connectivity index (χ3n) is 2.79. The summed E-state index contributed by atoms with van der Waals surface area (Å²) >= 11 is 10.9. The van der Waals surface area contributed by atoms with Crippen molar-refractivity contribution in [2.45, 2.75) is 6.54 Å². The monoisotopic (exact) mass is 324 g/mol. The Bertz CT molecular complexity index is 634. The second-order valence-corrected chi connectivity index (χ2v) is 5.12. The Morgan fingerprint density at radius 3 is 2.62 bits per heavy atom. The lowest BCUT2D eigenvalue weighted by atomic mass is 10.2. The molecule has 0 bridgehead atoms. The molecule has 2 aromatic carbocycles. The fraction of sp³-hybridized carbons (Fsp3) is 0.133. The first-order chi connectivity index (χ1) is 10.1. The number of rotatable bonds is 4. The van der Waals surface area contributed by atoms with Gasteiger partial charge in [0.05, 0.1) is 12.8 Å². The van der Waals surface area contributed by atoms with Gasteiger partial charge >= 0.3 is 0 Å². The number of ether oxygens (including phenoxy) is 1. The molecule has 2 rings (SSSR count). The van der Waals surface area contributed by atoms with Crippen molar-refractivity contribution in [2.75, 3.05) is 12.4 Å². The van der Waals surface area contributed by atoms with Crippen molar-refractivity contribution < 1.29 is 9.13 Å². The van der Waals surface area contributed by atoms with Crippen LogP contribution in [-0.4, -0.2) is 12.2 Å². The van der Waals surface area contributed by atoms with Crippen LogP contribution < -0.4 is 15.4 Å². The topological polar surface area (TPSA) is 33.3 Å². The van der Waals surface area contributed by atoms with Crippen LogP contribution in [0.4, 0.5) is 10.1 Å². The summed E-state index contributed by atoms with van der Waals surface area (Å²) in [5.74, 6) is 0.383. The van der Waals surface area contributed by atoms with Crippen molar-refractivity contribution in [3.8, 4) is 5.75 Å². The number of anilines is 1. The largest absolute Gasteiger partial charge is 0.497 e. The standard InChI is InChI=1S/C15H14ClFN2OS/c1-20-12-5-2-10(3-6-12)9-18-15(21)19-14-8-11(16)4-7-13(14)17/h2-8H,9H2,1H3,(H2,18,19,21). The van der Waals surface area contributed by atoms with Crippen LogP contribution in [0.1, 0.15) is 5.56 Å². The Hall–Kier alpha value is -1.85. The second-order valence-electron chi connectivity index (χ2n) is 4.28. The zero-order chi connectivity index (χ0) is 15.2. The highest BCUT2D eigenvalue weighted by molar-refractivity contribution is 7.80. The Morgan fingerprint density at radius 2 is 1.95 bits per heavy atom. The summed E-state index contributed by atoms with van der Waals surface area (Å²) in [7, 11) is 1.62. The molecule has 0 heterocycles. The zero-order valence-corrected chi connectivity index (χ0v) is 12.9. The maximum atomic E-state index is 13.6. The van der Waals surface area contributed by atoms with E-state index < -0.39 is 5.82 Å². The average molecular weight is 325 g/mol. The molecular formula is C15H14ClFN2OS. The van der Waals surface area contributed by atoms with Crippen LogP contribution in [-0.2, 0) is 6.54 Å². The molecule has 0 atom stereocenters. The first-order valence-corrected chi connectivity index (χ1v) is 7.00. The maximum Gasteiger partial charge on any atom is 0.171 e. The number of hydrogen-bond acceptors (Lipinski definition) is 2. The summed E-state index contributed by atoms with van der Waals surface area (Å²) in [6, 6.07) is 11.8. The predicted molar refractivity (Wildman–Crippen MR) is 87.5 cm³/mol. The van der Waals surface area contributed by atoms with Crippen molar-refractivity contribution in [3.63, 3.8) is 0 Å². The van der Waals surface area contributed by atoms with Gasteiger partial charge in [0.25, 0.3) is 0 Å². The molecule has 3 nitrogen and oxygen atoms in total. The first kappa shape index (κ1) is 15.5. The molecule has 2 N–H and O–H groups in total. The Labute approximate surface area is 133 Å². The van der Waals surface area contributed by atoms with Crippen molar-refractivity contribution in [3.05, 3.63) is 58.9 Å². The predicted octanol–water partition coefficient (Wildman–Crippen LogP) is 3.97. The molecule has 0 aliphatic heterocycles. The smallest absolute Gasteiger partial charge is 0.171 e. The molecule has 0 aliphatic carbocycles. The number of halogens is 2. The summed E-state index contributed by atoms with van der Waals surface area (Å²) in [6.45, 7) is 0.526. The van der Waals surface area contributed by atoms with Gasteiger partial charge in [-0.05, 0) is 48.1 Å². The highest BCUT2D eigenvalue weighted by atomic mass is 35.5. The van der Waals surface area contributed by atoms with Gasteiger partial charge in [0.1, 0.15) is 11.6 Å². The van der Waals surface area contributed by atoms with Gasteiger partial charge in [-0.15, -0.1) is 0 Å². The summed E-state index contributed by atoms with van der Waals surface area (Å²) < 4.78 is 18.6. The SMILES string of the molecule is COc1ccc(CNC(=S)Nc2cc(Cl)ccc2F)cc1. The molecule has 110 valence electrons. The number of nitrogens with one attached hydrogen (secondary N) is 2. The molecule has 2 aromatic rings. The van der Waals surface area contributed by atoms with Gasteiger partial charge in [-0.2, -0.15) is 0 Å². The van der Waals surface area contributed by atoms with Gasteiger partial charge in [0.2, 0.25) is 0 Å². The lowest BCUT2D eigenvalue weighted by Crippen LogP contribution is -2.28. The highest BCUT2D eigenvalue weighted by Crippen LogP contribution is 2.19. The van der Waals surface area contributed by atoms with E-state index in [1.54, 1.807) is 7.11 Å². The third kappa shape index (κ3) is 4.58. The Kier molecular flexibility index (Phi) is 5.36. The van der Waals surface area contributed by atoms with E-state index in [-0.39, 0.29) is 5.69 Å². The summed E-state index contributed by atoms with van der Waals surface area (Å²) in [4.78, 5) is 0. The number of benzene rings is 2. The molecule has 0 unspecified atom stereocenters. The molecule has 21 heavy (non-hydrogen) atoms. The molecule has 0 spiro atoms. The molecule has 0 amide bonds. The van der Waals surface area contributed by atoms with Crippen LogP contribution in [0.2, 0.25) is 5.02 Å². The molecule has 6 heteroatoms. The molecule has 0 saturated carbocycles. The zero-order valence-electron chi connectivity index (χ0n) is 11.3. The quantitative estimate of drug-likeness (QED) is 0.834. The van der Waals surface area contributed by atoms with E-state index in [0.717, 1.165) is 11.3 Å². The molecule has 0 fully saturated rings. The molecule has 0 aliphatic rings. The van der Waals surface area contributed by atoms with Gasteiger partial charge in [-0.25, -0.2) is 4.39 Å². The maximum absolute atomic E-state index is 13.6. The third-order valence-corrected chi connectivity index (χ3v) is 3.27. The first-order valence-electron chi connectivity index (χ1n) is 6.21. The van der Waals surface area contributed by atoms with E-state index in [1.165, 1.54) is 18.2 Å². The Balaban J connectivity index is 1.91. The summed E-state index contributed by atoms with van der Waals surface area (Å²) in [6.07, 6.45) is 0. The molecule has 0 aromatic heterocycles. The van der Waals surface area contributed by atoms with Crippen LogP contribution in [0.3, 0.4) is 0 Å². The molecule has 0 saturated heterocycles. The summed E-state index contributed by atoms with van der Waals surface area (Å²) in [5, 5.41) is 6.55. The van der Waals surface area contributed by atoms with Gasteiger partial charge in [0.15, 0.2) is 5.11 Å². The van der Waals surface area contributed by atoms with Crippen LogP contribution in [0.25, 0.3) is 0 Å². The number of hydrogen-bond donors (Lipinski definition) is 2. The van der Waals surface area contributed by atoms with Crippen molar-refractivity contribution in [1.29, 1.82) is 0 Å². The number of methoxy groups -OCH3 is 1. The van der Waals surface area contributed by atoms with Gasteiger partial charge in [0, 0.05) is 11.6 Å². The fourth-order valence-electron chi connectivity index (χ4n) is 1.69. The van der Waals surface area contributed by atoms with E-state index in [1.807, 2.05) is 24.3 Å². The van der Waals surface area contributed by atoms with E-state index in [9.17, 15) is 4.39 Å². The second kappa shape index (κ2) is 7.24. The van der Waals surface area contributed by atoms with Crippen LogP contribution in [0.15, 0.2) is 42.5 Å². The molecule has 0 radical (unpaired) electrons. The minimum atomic E-state index is -0.409. The van der Waals surface area contributed by atoms with E-state index >= 15 is 0 Å². The lowest BCUT2D eigenvalue weighted by molar-refractivity contribution is 0.414. The minimum absolute atomic E-state index is 0.245. The van der Waals surface area contributed by atoms with E-state index in [4.69, 9.17) is 28.6 Å².